The van der Waals surface area contributed by atoms with Crippen LogP contribution in [0.25, 0.3) is 0 Å². The SMILES string of the molecule is Cl.O=C(NCc1cccc(CO)c1)[C@@H]1CCCN1. The zero-order chi connectivity index (χ0) is 12.1. The summed E-state index contributed by atoms with van der Waals surface area (Å²) >= 11 is 0. The Bertz CT molecular complexity index is 392. The zero-order valence-corrected chi connectivity index (χ0v) is 11.0. The normalized spacial score (nSPS) is 18.2. The van der Waals surface area contributed by atoms with E-state index in [1.165, 1.54) is 0 Å². The van der Waals surface area contributed by atoms with E-state index in [0.717, 1.165) is 30.5 Å². The summed E-state index contributed by atoms with van der Waals surface area (Å²) in [6.45, 7) is 1.48. The van der Waals surface area contributed by atoms with Crippen molar-refractivity contribution in [2.45, 2.75) is 32.0 Å². The third-order valence-corrected chi connectivity index (χ3v) is 3.02. The highest BCUT2D eigenvalue weighted by Crippen LogP contribution is 2.07. The summed E-state index contributed by atoms with van der Waals surface area (Å²) in [6, 6.07) is 7.57. The van der Waals surface area contributed by atoms with Crippen LogP contribution >= 0.6 is 12.4 Å². The lowest BCUT2D eigenvalue weighted by atomic mass is 10.1. The first-order valence-corrected chi connectivity index (χ1v) is 5.99. The second-order valence-electron chi connectivity index (χ2n) is 4.34. The molecule has 1 aromatic rings. The van der Waals surface area contributed by atoms with Crippen LogP contribution in [0.1, 0.15) is 24.0 Å². The molecule has 0 bridgehead atoms. The largest absolute Gasteiger partial charge is 0.392 e. The van der Waals surface area contributed by atoms with Gasteiger partial charge in [0, 0.05) is 6.54 Å². The minimum absolute atomic E-state index is 0. The van der Waals surface area contributed by atoms with Crippen molar-refractivity contribution >= 4 is 18.3 Å². The van der Waals surface area contributed by atoms with Crippen LogP contribution in [0.4, 0.5) is 0 Å². The van der Waals surface area contributed by atoms with Crippen LogP contribution < -0.4 is 10.6 Å². The van der Waals surface area contributed by atoms with Crippen molar-refractivity contribution in [1.82, 2.24) is 10.6 Å². The third kappa shape index (κ3) is 3.98. The summed E-state index contributed by atoms with van der Waals surface area (Å²) in [5.41, 5.74) is 1.89. The number of amides is 1. The van der Waals surface area contributed by atoms with E-state index in [1.807, 2.05) is 24.3 Å². The van der Waals surface area contributed by atoms with Gasteiger partial charge in [0.25, 0.3) is 0 Å². The van der Waals surface area contributed by atoms with E-state index in [9.17, 15) is 4.79 Å². The molecule has 1 aliphatic heterocycles. The minimum Gasteiger partial charge on any atom is -0.392 e. The second kappa shape index (κ2) is 7.36. The second-order valence-corrected chi connectivity index (χ2v) is 4.34. The molecule has 1 atom stereocenters. The van der Waals surface area contributed by atoms with Gasteiger partial charge in [-0.05, 0) is 30.5 Å². The Morgan fingerprint density at radius 1 is 1.44 bits per heavy atom. The molecule has 1 heterocycles. The van der Waals surface area contributed by atoms with Gasteiger partial charge in [0.15, 0.2) is 0 Å². The Morgan fingerprint density at radius 2 is 2.22 bits per heavy atom. The number of benzene rings is 1. The fourth-order valence-corrected chi connectivity index (χ4v) is 2.06. The number of aliphatic hydroxyl groups excluding tert-OH is 1. The molecule has 0 saturated carbocycles. The van der Waals surface area contributed by atoms with Crippen LogP contribution in [0.3, 0.4) is 0 Å². The van der Waals surface area contributed by atoms with Crippen molar-refractivity contribution in [2.75, 3.05) is 6.54 Å². The highest BCUT2D eigenvalue weighted by molar-refractivity contribution is 5.85. The van der Waals surface area contributed by atoms with Crippen molar-refractivity contribution in [3.05, 3.63) is 35.4 Å². The van der Waals surface area contributed by atoms with Crippen LogP contribution in [0.2, 0.25) is 0 Å². The Morgan fingerprint density at radius 3 is 2.89 bits per heavy atom. The Labute approximate surface area is 113 Å². The molecular formula is C13H19ClN2O2. The molecule has 18 heavy (non-hydrogen) atoms. The van der Waals surface area contributed by atoms with Gasteiger partial charge in [-0.2, -0.15) is 0 Å². The molecule has 1 fully saturated rings. The maximum absolute atomic E-state index is 11.8. The van der Waals surface area contributed by atoms with E-state index in [0.29, 0.717) is 6.54 Å². The first-order chi connectivity index (χ1) is 8.29. The monoisotopic (exact) mass is 270 g/mol. The Hall–Kier alpha value is -1.10. The molecule has 5 heteroatoms. The van der Waals surface area contributed by atoms with Crippen molar-refractivity contribution in [3.8, 4) is 0 Å². The highest BCUT2D eigenvalue weighted by atomic mass is 35.5. The van der Waals surface area contributed by atoms with Gasteiger partial charge in [0.2, 0.25) is 5.91 Å². The molecule has 1 aromatic carbocycles. The lowest BCUT2D eigenvalue weighted by molar-refractivity contribution is -0.122. The van der Waals surface area contributed by atoms with Crippen molar-refractivity contribution < 1.29 is 9.90 Å². The fourth-order valence-electron chi connectivity index (χ4n) is 2.06. The number of nitrogens with one attached hydrogen (secondary N) is 2. The summed E-state index contributed by atoms with van der Waals surface area (Å²) in [5, 5.41) is 15.1. The van der Waals surface area contributed by atoms with E-state index in [2.05, 4.69) is 10.6 Å². The Kier molecular flexibility index (Phi) is 6.12. The predicted molar refractivity (Wildman–Crippen MR) is 72.5 cm³/mol. The molecule has 1 aliphatic rings. The molecule has 0 aliphatic carbocycles. The fraction of sp³-hybridized carbons (Fsp3) is 0.462. The van der Waals surface area contributed by atoms with Gasteiger partial charge >= 0.3 is 0 Å². The first-order valence-electron chi connectivity index (χ1n) is 5.99. The summed E-state index contributed by atoms with van der Waals surface area (Å²) in [5.74, 6) is 0.0666. The van der Waals surface area contributed by atoms with Crippen LogP contribution in [0.15, 0.2) is 24.3 Å². The van der Waals surface area contributed by atoms with Crippen molar-refractivity contribution in [2.24, 2.45) is 0 Å². The molecule has 2 rings (SSSR count). The van der Waals surface area contributed by atoms with E-state index in [4.69, 9.17) is 5.11 Å². The van der Waals surface area contributed by atoms with Crippen molar-refractivity contribution in [3.63, 3.8) is 0 Å². The third-order valence-electron chi connectivity index (χ3n) is 3.02. The van der Waals surface area contributed by atoms with Crippen LogP contribution in [-0.2, 0) is 17.9 Å². The van der Waals surface area contributed by atoms with E-state index >= 15 is 0 Å². The van der Waals surface area contributed by atoms with Gasteiger partial charge in [-0.3, -0.25) is 4.79 Å². The quantitative estimate of drug-likeness (QED) is 0.764. The zero-order valence-electron chi connectivity index (χ0n) is 10.2. The average molecular weight is 271 g/mol. The van der Waals surface area contributed by atoms with Gasteiger partial charge in [-0.1, -0.05) is 24.3 Å². The van der Waals surface area contributed by atoms with E-state index in [1.54, 1.807) is 0 Å². The van der Waals surface area contributed by atoms with Gasteiger partial charge in [0.05, 0.1) is 12.6 Å². The number of carbonyl (C=O) groups excluding carboxylic acids is 1. The minimum atomic E-state index is -0.0315. The van der Waals surface area contributed by atoms with E-state index < -0.39 is 0 Å². The molecule has 3 N–H and O–H groups in total. The number of halogens is 1. The van der Waals surface area contributed by atoms with Gasteiger partial charge in [0.1, 0.15) is 0 Å². The van der Waals surface area contributed by atoms with Gasteiger partial charge in [-0.25, -0.2) is 0 Å². The summed E-state index contributed by atoms with van der Waals surface area (Å²) in [4.78, 5) is 11.8. The smallest absolute Gasteiger partial charge is 0.237 e. The number of rotatable bonds is 4. The van der Waals surface area contributed by atoms with Crippen LogP contribution in [0.5, 0.6) is 0 Å². The summed E-state index contributed by atoms with van der Waals surface area (Å²) in [7, 11) is 0. The molecule has 0 spiro atoms. The van der Waals surface area contributed by atoms with Crippen molar-refractivity contribution in [1.29, 1.82) is 0 Å². The molecular weight excluding hydrogens is 252 g/mol. The lowest BCUT2D eigenvalue weighted by Crippen LogP contribution is -2.39. The maximum atomic E-state index is 11.8. The Balaban J connectivity index is 0.00000162. The molecule has 0 radical (unpaired) electrons. The topological polar surface area (TPSA) is 61.4 Å². The number of hydrogen-bond acceptors (Lipinski definition) is 3. The van der Waals surface area contributed by atoms with E-state index in [-0.39, 0.29) is 31.0 Å². The number of carbonyl (C=O) groups is 1. The first kappa shape index (κ1) is 15.0. The molecule has 4 nitrogen and oxygen atoms in total. The van der Waals surface area contributed by atoms with Gasteiger partial charge < -0.3 is 15.7 Å². The average Bonchev–Trinajstić information content (AvgIpc) is 2.90. The van der Waals surface area contributed by atoms with Crippen LogP contribution in [0, 0.1) is 0 Å². The molecule has 0 unspecified atom stereocenters. The molecule has 0 aromatic heterocycles. The predicted octanol–water partition coefficient (Wildman–Crippen LogP) is 0.969. The maximum Gasteiger partial charge on any atom is 0.237 e. The number of hydrogen-bond donors (Lipinski definition) is 3. The number of aliphatic hydroxyl groups is 1. The summed E-state index contributed by atoms with van der Waals surface area (Å²) in [6.07, 6.45) is 1.99. The molecule has 1 amide bonds. The van der Waals surface area contributed by atoms with Gasteiger partial charge in [-0.15, -0.1) is 12.4 Å². The summed E-state index contributed by atoms with van der Waals surface area (Å²) < 4.78 is 0. The van der Waals surface area contributed by atoms with Crippen LogP contribution in [-0.4, -0.2) is 23.6 Å². The highest BCUT2D eigenvalue weighted by Gasteiger charge is 2.21. The standard InChI is InChI=1S/C13H18N2O2.ClH/c16-9-11-4-1-3-10(7-11)8-15-13(17)12-5-2-6-14-12;/h1,3-4,7,12,14,16H,2,5-6,8-9H2,(H,15,17);1H/t12-;/m0./s1. The molecule has 1 saturated heterocycles. The lowest BCUT2D eigenvalue weighted by Gasteiger charge is -2.11. The molecule has 100 valence electrons.